The lowest BCUT2D eigenvalue weighted by Crippen LogP contribution is -2.38. The molecule has 2 heterocycles. The number of aryl methyl sites for hydroxylation is 2. The molecule has 0 spiro atoms. The predicted molar refractivity (Wildman–Crippen MR) is 121 cm³/mol. The average Bonchev–Trinajstić information content (AvgIpc) is 3.14. The second kappa shape index (κ2) is 8.07. The number of amidine groups is 1. The third kappa shape index (κ3) is 4.11. The van der Waals surface area contributed by atoms with Crippen molar-refractivity contribution in [3.05, 3.63) is 59.2 Å². The second-order valence-corrected chi connectivity index (χ2v) is 11.1. The van der Waals surface area contributed by atoms with Gasteiger partial charge >= 0.3 is 0 Å². The molecule has 0 N–H and O–H groups in total. The second-order valence-electron chi connectivity index (χ2n) is 7.72. The summed E-state index contributed by atoms with van der Waals surface area (Å²) in [6.45, 7) is 4.00. The van der Waals surface area contributed by atoms with Gasteiger partial charge in [-0.25, -0.2) is 8.42 Å². The van der Waals surface area contributed by atoms with Crippen LogP contribution in [-0.2, 0) is 21.1 Å². The first kappa shape index (κ1) is 20.9. The smallest absolute Gasteiger partial charge is 0.252 e. The van der Waals surface area contributed by atoms with E-state index in [1.165, 1.54) is 11.8 Å². The summed E-state index contributed by atoms with van der Waals surface area (Å²) in [5, 5.41) is 0.484. The number of methoxy groups -OCH3 is 1. The highest BCUT2D eigenvalue weighted by Crippen LogP contribution is 2.43. The molecule has 0 aromatic heterocycles. The van der Waals surface area contributed by atoms with Crippen molar-refractivity contribution < 1.29 is 17.9 Å². The number of benzene rings is 2. The number of thioether (sulfide) groups is 1. The lowest BCUT2D eigenvalue weighted by atomic mass is 10.1. The van der Waals surface area contributed by atoms with Gasteiger partial charge < -0.3 is 9.64 Å². The number of hydrogen-bond acceptors (Lipinski definition) is 5. The van der Waals surface area contributed by atoms with Gasteiger partial charge in [0.25, 0.3) is 5.91 Å². The Hall–Kier alpha value is -2.32. The Morgan fingerprint density at radius 1 is 1.13 bits per heavy atom. The van der Waals surface area contributed by atoms with E-state index in [-0.39, 0.29) is 35.1 Å². The van der Waals surface area contributed by atoms with Gasteiger partial charge in [0.05, 0.1) is 31.1 Å². The van der Waals surface area contributed by atoms with Crippen LogP contribution in [0.2, 0.25) is 0 Å². The Balaban J connectivity index is 1.66. The van der Waals surface area contributed by atoms with Crippen molar-refractivity contribution in [2.45, 2.75) is 31.6 Å². The number of carbonyl (C=O) groups excluding carboxylic acids is 1. The summed E-state index contributed by atoms with van der Waals surface area (Å²) in [6.07, 6.45) is 0.183. The number of amides is 1. The van der Waals surface area contributed by atoms with Crippen LogP contribution in [0.5, 0.6) is 5.75 Å². The van der Waals surface area contributed by atoms with Gasteiger partial charge in [-0.15, -0.1) is 0 Å². The minimum atomic E-state index is -3.09. The van der Waals surface area contributed by atoms with Crippen LogP contribution < -0.4 is 9.64 Å². The number of carbonyl (C=O) groups is 1. The lowest BCUT2D eigenvalue weighted by Gasteiger charge is -2.28. The zero-order chi connectivity index (χ0) is 21.5. The van der Waals surface area contributed by atoms with Gasteiger partial charge in [-0.1, -0.05) is 42.1 Å². The third-order valence-electron chi connectivity index (χ3n) is 5.48. The highest BCUT2D eigenvalue weighted by Gasteiger charge is 2.49. The molecule has 0 saturated carbocycles. The molecule has 2 aromatic carbocycles. The van der Waals surface area contributed by atoms with E-state index in [9.17, 15) is 13.2 Å². The molecule has 0 aliphatic carbocycles. The molecule has 2 atom stereocenters. The van der Waals surface area contributed by atoms with Gasteiger partial charge in [0, 0.05) is 10.9 Å². The molecule has 2 aliphatic heterocycles. The molecular weight excluding hydrogens is 420 g/mol. The number of aliphatic imine (C=N–C) groups is 1. The number of nitrogens with zero attached hydrogens (tertiary/aromatic N) is 2. The molecule has 6 nitrogen and oxygen atoms in total. The molecule has 0 unspecified atom stereocenters. The van der Waals surface area contributed by atoms with Crippen molar-refractivity contribution >= 4 is 38.4 Å². The van der Waals surface area contributed by atoms with E-state index in [0.717, 1.165) is 28.1 Å². The molecule has 158 valence electrons. The molecule has 2 fully saturated rings. The minimum Gasteiger partial charge on any atom is -0.497 e. The zero-order valence-electron chi connectivity index (χ0n) is 17.2. The number of sulfone groups is 1. The standard InChI is InChI=1S/C22H24N2O4S2/c1-14-5-4-6-15(2)21(14)24-18-12-30(26,27)13-19(18)29-22(24)23-20(25)11-16-7-9-17(28-3)10-8-16/h4-10,18-19H,11-13H2,1-3H3/t18-,19-/m1/s1. The van der Waals surface area contributed by atoms with E-state index >= 15 is 0 Å². The summed E-state index contributed by atoms with van der Waals surface area (Å²) in [6, 6.07) is 13.1. The van der Waals surface area contributed by atoms with Crippen molar-refractivity contribution in [2.24, 2.45) is 4.99 Å². The summed E-state index contributed by atoms with van der Waals surface area (Å²) >= 11 is 1.40. The maximum absolute atomic E-state index is 12.7. The number of hydrogen-bond donors (Lipinski definition) is 0. The summed E-state index contributed by atoms with van der Waals surface area (Å²) in [5.74, 6) is 0.695. The molecule has 2 saturated heterocycles. The highest BCUT2D eigenvalue weighted by molar-refractivity contribution is 8.16. The molecule has 2 aromatic rings. The molecule has 0 bridgehead atoms. The molecule has 4 rings (SSSR count). The molecule has 1 amide bonds. The Bertz CT molecular complexity index is 1090. The predicted octanol–water partition coefficient (Wildman–Crippen LogP) is 3.16. The first-order valence-electron chi connectivity index (χ1n) is 9.74. The van der Waals surface area contributed by atoms with Crippen molar-refractivity contribution in [3.8, 4) is 5.75 Å². The van der Waals surface area contributed by atoms with Crippen LogP contribution in [0.3, 0.4) is 0 Å². The fourth-order valence-electron chi connectivity index (χ4n) is 4.08. The highest BCUT2D eigenvalue weighted by atomic mass is 32.2. The van der Waals surface area contributed by atoms with E-state index in [4.69, 9.17) is 4.74 Å². The van der Waals surface area contributed by atoms with Crippen LogP contribution in [0.4, 0.5) is 5.69 Å². The molecule has 30 heavy (non-hydrogen) atoms. The third-order valence-corrected chi connectivity index (χ3v) is 8.69. The van der Waals surface area contributed by atoms with E-state index < -0.39 is 9.84 Å². The van der Waals surface area contributed by atoms with E-state index in [1.807, 2.05) is 61.2 Å². The quantitative estimate of drug-likeness (QED) is 0.721. The van der Waals surface area contributed by atoms with E-state index in [0.29, 0.717) is 5.17 Å². The molecule has 2 aliphatic rings. The van der Waals surface area contributed by atoms with Crippen molar-refractivity contribution in [1.29, 1.82) is 0 Å². The monoisotopic (exact) mass is 444 g/mol. The van der Waals surface area contributed by atoms with E-state index in [2.05, 4.69) is 4.99 Å². The fraction of sp³-hybridized carbons (Fsp3) is 0.364. The fourth-order valence-corrected chi connectivity index (χ4v) is 7.99. The van der Waals surface area contributed by atoms with Gasteiger partial charge in [0.1, 0.15) is 5.75 Å². The first-order valence-corrected chi connectivity index (χ1v) is 12.4. The number of para-hydroxylation sites is 1. The van der Waals surface area contributed by atoms with Crippen LogP contribution >= 0.6 is 11.8 Å². The van der Waals surface area contributed by atoms with Gasteiger partial charge in [0.2, 0.25) is 0 Å². The minimum absolute atomic E-state index is 0.0874. The summed E-state index contributed by atoms with van der Waals surface area (Å²) in [4.78, 5) is 19.1. The van der Waals surface area contributed by atoms with Crippen molar-refractivity contribution in [3.63, 3.8) is 0 Å². The summed E-state index contributed by atoms with van der Waals surface area (Å²) < 4.78 is 29.7. The summed E-state index contributed by atoms with van der Waals surface area (Å²) in [5.41, 5.74) is 3.88. The van der Waals surface area contributed by atoms with Crippen LogP contribution in [0.15, 0.2) is 47.5 Å². The lowest BCUT2D eigenvalue weighted by molar-refractivity contribution is -0.117. The zero-order valence-corrected chi connectivity index (χ0v) is 18.8. The van der Waals surface area contributed by atoms with Gasteiger partial charge in [-0.2, -0.15) is 4.99 Å². The first-order chi connectivity index (χ1) is 14.3. The molecule has 0 radical (unpaired) electrons. The Labute approximate surface area is 181 Å². The van der Waals surface area contributed by atoms with Crippen LogP contribution in [0.1, 0.15) is 16.7 Å². The molecular formula is C22H24N2O4S2. The van der Waals surface area contributed by atoms with Crippen molar-refractivity contribution in [2.75, 3.05) is 23.5 Å². The number of rotatable bonds is 4. The Morgan fingerprint density at radius 2 is 1.80 bits per heavy atom. The number of fused-ring (bicyclic) bond motifs is 1. The van der Waals surface area contributed by atoms with Gasteiger partial charge in [0.15, 0.2) is 15.0 Å². The normalized spacial score (nSPS) is 23.6. The van der Waals surface area contributed by atoms with Crippen molar-refractivity contribution in [1.82, 2.24) is 0 Å². The average molecular weight is 445 g/mol. The number of anilines is 1. The Kier molecular flexibility index (Phi) is 5.63. The largest absolute Gasteiger partial charge is 0.497 e. The maximum Gasteiger partial charge on any atom is 0.252 e. The summed E-state index contributed by atoms with van der Waals surface area (Å²) in [7, 11) is -1.49. The SMILES string of the molecule is COc1ccc(CC(=O)N=C2S[C@@H]3CS(=O)(=O)C[C@H]3N2c2c(C)cccc2C)cc1. The van der Waals surface area contributed by atoms with Crippen LogP contribution in [0.25, 0.3) is 0 Å². The maximum atomic E-state index is 12.7. The van der Waals surface area contributed by atoms with Crippen LogP contribution in [0, 0.1) is 13.8 Å². The molecule has 8 heteroatoms. The topological polar surface area (TPSA) is 76.0 Å². The van der Waals surface area contributed by atoms with Gasteiger partial charge in [-0.05, 0) is 42.7 Å². The van der Waals surface area contributed by atoms with Gasteiger partial charge in [-0.3, -0.25) is 4.79 Å². The van der Waals surface area contributed by atoms with Crippen LogP contribution in [-0.4, -0.2) is 49.4 Å². The van der Waals surface area contributed by atoms with E-state index in [1.54, 1.807) is 7.11 Å². The Morgan fingerprint density at radius 3 is 2.43 bits per heavy atom. The number of ether oxygens (including phenoxy) is 1.